The molecule has 6 rings (SSSR count). The summed E-state index contributed by atoms with van der Waals surface area (Å²) in [5.74, 6) is -2.38. The number of methoxy groups -OCH3 is 2. The number of carbonyl (C=O) groups excluding carboxylic acids is 3. The first-order chi connectivity index (χ1) is 29.3. The topological polar surface area (TPSA) is 176 Å². The summed E-state index contributed by atoms with van der Waals surface area (Å²) in [7, 11) is 2.66. The number of benzene rings is 3. The number of hydrogen-bond donors (Lipinski definition) is 1. The number of pyridine rings is 3. The minimum Gasteiger partial charge on any atom is -0.870 e. The zero-order valence-electron chi connectivity index (χ0n) is 33.5. The van der Waals surface area contributed by atoms with E-state index in [1.54, 1.807) is 5.80 Å². The van der Waals surface area contributed by atoms with Crippen molar-refractivity contribution in [2.75, 3.05) is 14.2 Å². The first-order valence-electron chi connectivity index (χ1n) is 17.3. The van der Waals surface area contributed by atoms with Crippen molar-refractivity contribution >= 4 is 99.7 Å². The fraction of sp³-hybridized carbons (Fsp3) is 0.0455. The maximum absolute atomic E-state index is 13.2. The largest absolute Gasteiger partial charge is 1.00 e. The monoisotopic (exact) mass is 949 g/mol. The van der Waals surface area contributed by atoms with Gasteiger partial charge in [0.15, 0.2) is 39.2 Å². The molecule has 19 heteroatoms. The van der Waals surface area contributed by atoms with E-state index in [-0.39, 0.29) is 73.2 Å². The van der Waals surface area contributed by atoms with Crippen molar-refractivity contribution in [2.24, 2.45) is 0 Å². The van der Waals surface area contributed by atoms with Gasteiger partial charge in [-0.3, -0.25) is 4.79 Å². The molecule has 0 saturated heterocycles. The van der Waals surface area contributed by atoms with Crippen LogP contribution in [0.1, 0.15) is 21.5 Å². The number of aliphatic carboxylic acids is 1. The molecule has 0 fully saturated rings. The standard InChI is InChI=1S/C21H19O2P.C9H7ClFNO2.C8H5ClFNO2.C6H3ClFNO.Na.H2O/c1-23-21(22)17-24(18-11-5-2-6-12-18,19-13-7-3-8-14-19)20-15-9-4-10-16-20;1-14-7(13)3-2-6-4-5-12-9(10)8(6)11;9-8-7(10)5(3-4-11-8)1-2-6(12)13;7-6-5(8)4(3-10)1-2-9-6;;/h2-17H,1H3;2-5H,1H3;1-4H,(H,12,13);1-3H;;1H2/q;;;;+1;/p-1/b;3-2+;2-1+;;;. The van der Waals surface area contributed by atoms with Gasteiger partial charge in [0, 0.05) is 47.7 Å². The Labute approximate surface area is 397 Å². The van der Waals surface area contributed by atoms with Crippen molar-refractivity contribution in [3.63, 3.8) is 0 Å². The molecule has 0 radical (unpaired) electrons. The van der Waals surface area contributed by atoms with Crippen molar-refractivity contribution in [2.45, 2.75) is 0 Å². The van der Waals surface area contributed by atoms with E-state index in [0.717, 1.165) is 34.1 Å². The van der Waals surface area contributed by atoms with Crippen LogP contribution >= 0.6 is 41.7 Å². The number of rotatable bonds is 9. The molecule has 0 saturated carbocycles. The van der Waals surface area contributed by atoms with Gasteiger partial charge in [-0.2, -0.15) is 0 Å². The minimum absolute atomic E-state index is 0. The number of ether oxygens (including phenoxy) is 2. The molecule has 0 amide bonds. The summed E-state index contributed by atoms with van der Waals surface area (Å²) < 4.78 is 48.1. The first kappa shape index (κ1) is 55.6. The van der Waals surface area contributed by atoms with E-state index in [4.69, 9.17) is 44.6 Å². The number of carboxylic acid groups (broad SMARTS) is 1. The number of esters is 2. The van der Waals surface area contributed by atoms with Crippen LogP contribution in [-0.4, -0.2) is 69.7 Å². The van der Waals surface area contributed by atoms with E-state index in [2.05, 4.69) is 56.1 Å². The number of aldehydes is 1. The second-order valence-corrected chi connectivity index (χ2v) is 15.9. The molecule has 3 aromatic heterocycles. The van der Waals surface area contributed by atoms with Gasteiger partial charge in [-0.1, -0.05) is 126 Å². The van der Waals surface area contributed by atoms with Gasteiger partial charge in [0.1, 0.15) is 0 Å². The van der Waals surface area contributed by atoms with Crippen LogP contribution in [0.3, 0.4) is 0 Å². The summed E-state index contributed by atoms with van der Waals surface area (Å²) in [6.07, 6.45) is 8.64. The number of carboxylic acids is 1. The number of aromatic nitrogens is 3. The summed E-state index contributed by atoms with van der Waals surface area (Å²) in [5.41, 5.74) is 0.220. The Balaban J connectivity index is 0.000000441. The number of carbonyl (C=O) groups is 4. The molecule has 0 aliphatic rings. The average Bonchev–Trinajstić information content (AvgIpc) is 3.28. The van der Waals surface area contributed by atoms with E-state index in [9.17, 15) is 32.3 Å². The minimum atomic E-state index is -2.23. The number of nitrogens with zero attached hydrogens (tertiary/aromatic N) is 3. The van der Waals surface area contributed by atoms with Crippen LogP contribution < -0.4 is 45.5 Å². The molecule has 0 unspecified atom stereocenters. The summed E-state index contributed by atoms with van der Waals surface area (Å²) >= 11 is 16.0. The molecule has 0 aliphatic heterocycles. The van der Waals surface area contributed by atoms with Crippen molar-refractivity contribution in [3.8, 4) is 0 Å². The van der Waals surface area contributed by atoms with E-state index >= 15 is 0 Å². The summed E-state index contributed by atoms with van der Waals surface area (Å²) in [6, 6.07) is 34.6. The van der Waals surface area contributed by atoms with Crippen LogP contribution in [0, 0.1) is 17.5 Å². The molecule has 3 heterocycles. The molecule has 6 aromatic rings. The maximum Gasteiger partial charge on any atom is 1.00 e. The Morgan fingerprint density at radius 3 is 1.22 bits per heavy atom. The molecule has 0 spiro atoms. The fourth-order valence-electron chi connectivity index (χ4n) is 4.90. The Bertz CT molecular complexity index is 2440. The predicted molar refractivity (Wildman–Crippen MR) is 236 cm³/mol. The smallest absolute Gasteiger partial charge is 0.870 e. The normalized spacial score (nSPS) is 10.2. The van der Waals surface area contributed by atoms with E-state index in [1.807, 2.05) is 54.6 Å². The molecule has 0 aliphatic carbocycles. The Kier molecular flexibility index (Phi) is 25.6. The third-order valence-corrected chi connectivity index (χ3v) is 12.5. The zero-order valence-corrected chi connectivity index (χ0v) is 38.7. The third kappa shape index (κ3) is 17.0. The van der Waals surface area contributed by atoms with Crippen LogP contribution in [0.2, 0.25) is 15.5 Å². The second-order valence-electron chi connectivity index (χ2n) is 11.5. The van der Waals surface area contributed by atoms with E-state index in [0.29, 0.717) is 6.29 Å². The van der Waals surface area contributed by atoms with Gasteiger partial charge in [-0.05, 0) is 53.2 Å². The van der Waals surface area contributed by atoms with Gasteiger partial charge in [-0.15, -0.1) is 0 Å². The average molecular weight is 951 g/mol. The molecule has 2 N–H and O–H groups in total. The van der Waals surface area contributed by atoms with Crippen molar-refractivity contribution < 1.29 is 82.0 Å². The molecule has 11 nitrogen and oxygen atoms in total. The number of hydrogen-bond acceptors (Lipinski definition) is 10. The summed E-state index contributed by atoms with van der Waals surface area (Å²) in [5, 5.41) is 10.9. The van der Waals surface area contributed by atoms with Gasteiger partial charge < -0.3 is 20.1 Å². The second kappa shape index (κ2) is 29.0. The summed E-state index contributed by atoms with van der Waals surface area (Å²) in [6.45, 7) is -2.23. The SMILES string of the molecule is COC(=O)/C=C/c1ccnc(Cl)c1F.COC(=O)C=P(c1ccccc1)(c1ccccc1)c1ccccc1.O=C(O)/C=C/c1ccnc(Cl)c1F.O=Cc1ccnc(Cl)c1F.[Na+].[OH-]. The Hall–Kier alpha value is -5.41. The van der Waals surface area contributed by atoms with Gasteiger partial charge in [-0.25, -0.2) is 42.5 Å². The Morgan fingerprint density at radius 2 is 0.905 bits per heavy atom. The van der Waals surface area contributed by atoms with Gasteiger partial charge in [0.25, 0.3) is 0 Å². The Morgan fingerprint density at radius 1 is 0.571 bits per heavy atom. The fourth-order valence-corrected chi connectivity index (χ4v) is 9.09. The van der Waals surface area contributed by atoms with Crippen LogP contribution in [0.5, 0.6) is 0 Å². The maximum atomic E-state index is 13.2. The molecular formula is C44H35Cl3F3N3NaO8P. The molecule has 3 aromatic carbocycles. The zero-order chi connectivity index (χ0) is 44.8. The summed E-state index contributed by atoms with van der Waals surface area (Å²) in [4.78, 5) is 53.6. The van der Waals surface area contributed by atoms with Crippen molar-refractivity contribution in [1.29, 1.82) is 0 Å². The van der Waals surface area contributed by atoms with Crippen molar-refractivity contribution in [3.05, 3.63) is 190 Å². The molecule has 322 valence electrons. The van der Waals surface area contributed by atoms with Crippen LogP contribution in [0.4, 0.5) is 13.2 Å². The molecule has 0 bridgehead atoms. The molecule has 0 atom stereocenters. The first-order valence-corrected chi connectivity index (χ1v) is 20.3. The van der Waals surface area contributed by atoms with Gasteiger partial charge >= 0.3 is 47.5 Å². The van der Waals surface area contributed by atoms with Crippen LogP contribution in [0.15, 0.2) is 140 Å². The van der Waals surface area contributed by atoms with Crippen molar-refractivity contribution in [1.82, 2.24) is 15.0 Å². The van der Waals surface area contributed by atoms with E-state index in [1.165, 1.54) is 57.1 Å². The van der Waals surface area contributed by atoms with Crippen LogP contribution in [-0.2, 0) is 23.9 Å². The van der Waals surface area contributed by atoms with Gasteiger partial charge in [0.05, 0.1) is 19.8 Å². The quantitative estimate of drug-likeness (QED) is 0.0484. The molecule has 63 heavy (non-hydrogen) atoms. The third-order valence-electron chi connectivity index (χ3n) is 7.75. The predicted octanol–water partition coefficient (Wildman–Crippen LogP) is 5.50. The van der Waals surface area contributed by atoms with E-state index < -0.39 is 36.3 Å². The van der Waals surface area contributed by atoms with Gasteiger partial charge in [0.2, 0.25) is 0 Å². The molecular weight excluding hydrogens is 916 g/mol. The van der Waals surface area contributed by atoms with Crippen LogP contribution in [0.25, 0.3) is 12.2 Å². The number of halogens is 6.